The lowest BCUT2D eigenvalue weighted by Crippen LogP contribution is -2.48. The topological polar surface area (TPSA) is 45.6 Å². The highest BCUT2D eigenvalue weighted by molar-refractivity contribution is 6.04. The Balaban J connectivity index is 1.61. The number of benzene rings is 1. The van der Waals surface area contributed by atoms with Crippen molar-refractivity contribution >= 4 is 28.3 Å². The second-order valence-electron chi connectivity index (χ2n) is 9.27. The molecule has 0 radical (unpaired) electrons. The Labute approximate surface area is 172 Å². The maximum absolute atomic E-state index is 13.0. The Kier molecular flexibility index (Phi) is 4.21. The third kappa shape index (κ3) is 2.86. The lowest BCUT2D eigenvalue weighted by Gasteiger charge is -2.40. The first kappa shape index (κ1) is 18.6. The van der Waals surface area contributed by atoms with Crippen molar-refractivity contribution < 1.29 is 9.59 Å². The monoisotopic (exact) mass is 391 g/mol. The fraction of sp³-hybridized carbons (Fsp3) is 0.500. The van der Waals surface area contributed by atoms with Crippen LogP contribution in [-0.2, 0) is 11.2 Å². The van der Waals surface area contributed by atoms with Gasteiger partial charge in [-0.05, 0) is 62.9 Å². The number of aromatic nitrogens is 1. The number of likely N-dealkylation sites (N-methyl/N-ethyl adjacent to an activating group) is 1. The average Bonchev–Trinajstić information content (AvgIpc) is 3.49. The summed E-state index contributed by atoms with van der Waals surface area (Å²) in [6, 6.07) is 6.71. The van der Waals surface area contributed by atoms with E-state index in [2.05, 4.69) is 36.4 Å². The van der Waals surface area contributed by atoms with Crippen molar-refractivity contribution in [1.29, 1.82) is 0 Å². The molecule has 5 rings (SSSR count). The number of rotatable bonds is 3. The van der Waals surface area contributed by atoms with Gasteiger partial charge in [0.05, 0.1) is 11.4 Å². The predicted octanol–water partition coefficient (Wildman–Crippen LogP) is 3.43. The first-order chi connectivity index (χ1) is 13.9. The number of hydrogen-bond acceptors (Lipinski definition) is 3. The average molecular weight is 392 g/mol. The van der Waals surface area contributed by atoms with Gasteiger partial charge in [0.2, 0.25) is 11.8 Å². The lowest BCUT2D eigenvalue weighted by atomic mass is 9.79. The lowest BCUT2D eigenvalue weighted by molar-refractivity contribution is -0.134. The number of carbonyl (C=O) groups is 2. The summed E-state index contributed by atoms with van der Waals surface area (Å²) < 4.78 is 1.89. The number of amides is 1. The number of carbonyl (C=O) groups excluding carboxylic acids is 2. The quantitative estimate of drug-likeness (QED) is 0.805. The molecule has 2 unspecified atom stereocenters. The van der Waals surface area contributed by atoms with Crippen LogP contribution in [-0.4, -0.2) is 58.9 Å². The van der Waals surface area contributed by atoms with Gasteiger partial charge in [0.15, 0.2) is 0 Å². The van der Waals surface area contributed by atoms with Crippen LogP contribution in [0.4, 0.5) is 0 Å². The van der Waals surface area contributed by atoms with Crippen LogP contribution in [0.15, 0.2) is 30.5 Å². The van der Waals surface area contributed by atoms with E-state index in [-0.39, 0.29) is 35.7 Å². The molecule has 0 saturated heterocycles. The van der Waals surface area contributed by atoms with Crippen LogP contribution >= 0.6 is 0 Å². The molecule has 1 aromatic heterocycles. The first-order valence-corrected chi connectivity index (χ1v) is 10.7. The van der Waals surface area contributed by atoms with E-state index < -0.39 is 0 Å². The van der Waals surface area contributed by atoms with Gasteiger partial charge >= 0.3 is 0 Å². The maximum Gasteiger partial charge on any atom is 0.234 e. The molecule has 2 heterocycles. The number of nitrogens with zero attached hydrogens (tertiary/aromatic N) is 3. The molecular weight excluding hydrogens is 362 g/mol. The molecule has 0 bridgehead atoms. The van der Waals surface area contributed by atoms with Crippen molar-refractivity contribution in [3.63, 3.8) is 0 Å². The standard InChI is InChI=1S/C24H29N3O2/c1-14(2)26(4)23(28)17-10-19-18-6-5-7-20-22(18)16(11-21(19)25(3)12-17)13-27(20)24(29)15-8-9-15/h5-7,10,13-15,17,21H,8-9,11-12H2,1-4H3. The Morgan fingerprint density at radius 2 is 1.97 bits per heavy atom. The van der Waals surface area contributed by atoms with E-state index in [1.165, 1.54) is 22.1 Å². The second-order valence-corrected chi connectivity index (χ2v) is 9.27. The minimum absolute atomic E-state index is 0.134. The molecule has 5 nitrogen and oxygen atoms in total. The fourth-order valence-corrected chi connectivity index (χ4v) is 4.94. The van der Waals surface area contributed by atoms with Gasteiger partial charge in [0, 0.05) is 43.2 Å². The van der Waals surface area contributed by atoms with Crippen LogP contribution in [0.1, 0.15) is 42.6 Å². The third-order valence-electron chi connectivity index (χ3n) is 6.99. The highest BCUT2D eigenvalue weighted by atomic mass is 16.2. The molecule has 2 aliphatic carbocycles. The van der Waals surface area contributed by atoms with Gasteiger partial charge in [-0.3, -0.25) is 19.1 Å². The van der Waals surface area contributed by atoms with Crippen molar-refractivity contribution in [3.05, 3.63) is 41.6 Å². The Bertz CT molecular complexity index is 1040. The van der Waals surface area contributed by atoms with Gasteiger partial charge in [-0.25, -0.2) is 0 Å². The zero-order valence-electron chi connectivity index (χ0n) is 17.7. The summed E-state index contributed by atoms with van der Waals surface area (Å²) in [6.45, 7) is 4.83. The van der Waals surface area contributed by atoms with E-state index in [1.807, 2.05) is 36.4 Å². The van der Waals surface area contributed by atoms with Gasteiger partial charge in [-0.2, -0.15) is 0 Å². The highest BCUT2D eigenvalue weighted by Crippen LogP contribution is 2.42. The van der Waals surface area contributed by atoms with Gasteiger partial charge in [0.25, 0.3) is 0 Å². The highest BCUT2D eigenvalue weighted by Gasteiger charge is 2.38. The first-order valence-electron chi connectivity index (χ1n) is 10.7. The van der Waals surface area contributed by atoms with Crippen molar-refractivity contribution in [3.8, 4) is 0 Å². The van der Waals surface area contributed by atoms with Crippen molar-refractivity contribution in [2.45, 2.75) is 45.2 Å². The van der Waals surface area contributed by atoms with Crippen LogP contribution in [0, 0.1) is 11.8 Å². The van der Waals surface area contributed by atoms with E-state index in [1.54, 1.807) is 0 Å². The Morgan fingerprint density at radius 1 is 1.21 bits per heavy atom. The Morgan fingerprint density at radius 3 is 2.66 bits per heavy atom. The zero-order chi connectivity index (χ0) is 20.4. The van der Waals surface area contributed by atoms with Gasteiger partial charge in [-0.15, -0.1) is 0 Å². The minimum atomic E-state index is -0.134. The molecule has 5 heteroatoms. The molecule has 1 fully saturated rings. The molecule has 152 valence electrons. The predicted molar refractivity (Wildman–Crippen MR) is 115 cm³/mol. The molecule has 1 saturated carbocycles. The SMILES string of the molecule is CC(C)N(C)C(=O)C1C=C2c3cccc4c3c(cn4C(=O)C3CC3)CC2N(C)C1. The molecule has 3 aliphatic rings. The Hall–Kier alpha value is -2.40. The molecular formula is C24H29N3O2. The van der Waals surface area contributed by atoms with E-state index in [9.17, 15) is 9.59 Å². The zero-order valence-corrected chi connectivity index (χ0v) is 17.7. The van der Waals surface area contributed by atoms with Gasteiger partial charge in [0.1, 0.15) is 0 Å². The van der Waals surface area contributed by atoms with E-state index in [4.69, 9.17) is 0 Å². The summed E-state index contributed by atoms with van der Waals surface area (Å²) in [5.41, 5.74) is 4.70. The summed E-state index contributed by atoms with van der Waals surface area (Å²) in [5, 5.41) is 1.20. The minimum Gasteiger partial charge on any atom is -0.343 e. The van der Waals surface area contributed by atoms with Crippen molar-refractivity contribution in [1.82, 2.24) is 14.4 Å². The van der Waals surface area contributed by atoms with Gasteiger partial charge in [-0.1, -0.05) is 18.2 Å². The molecule has 29 heavy (non-hydrogen) atoms. The number of hydrogen-bond donors (Lipinski definition) is 0. The van der Waals surface area contributed by atoms with E-state index in [0.29, 0.717) is 0 Å². The van der Waals surface area contributed by atoms with E-state index in [0.717, 1.165) is 31.3 Å². The number of fused-ring (bicyclic) bond motifs is 2. The molecule has 2 atom stereocenters. The summed E-state index contributed by atoms with van der Waals surface area (Å²) in [4.78, 5) is 30.0. The van der Waals surface area contributed by atoms with Crippen LogP contribution in [0.25, 0.3) is 16.5 Å². The second kappa shape index (κ2) is 6.56. The molecule has 1 aliphatic heterocycles. The molecule has 0 N–H and O–H groups in total. The van der Waals surface area contributed by atoms with Crippen LogP contribution in [0.5, 0.6) is 0 Å². The van der Waals surface area contributed by atoms with Crippen molar-refractivity contribution in [2.75, 3.05) is 20.6 Å². The summed E-state index contributed by atoms with van der Waals surface area (Å²) >= 11 is 0. The van der Waals surface area contributed by atoms with Crippen LogP contribution < -0.4 is 0 Å². The summed E-state index contributed by atoms with van der Waals surface area (Å²) in [6.07, 6.45) is 7.18. The van der Waals surface area contributed by atoms with Crippen molar-refractivity contribution in [2.24, 2.45) is 11.8 Å². The summed E-state index contributed by atoms with van der Waals surface area (Å²) in [7, 11) is 4.01. The van der Waals surface area contributed by atoms with Crippen LogP contribution in [0.2, 0.25) is 0 Å². The fourth-order valence-electron chi connectivity index (χ4n) is 4.94. The smallest absolute Gasteiger partial charge is 0.234 e. The molecule has 1 aromatic carbocycles. The maximum atomic E-state index is 13.0. The van der Waals surface area contributed by atoms with E-state index >= 15 is 0 Å². The molecule has 2 aromatic rings. The molecule has 1 amide bonds. The third-order valence-corrected chi connectivity index (χ3v) is 6.99. The largest absolute Gasteiger partial charge is 0.343 e. The van der Waals surface area contributed by atoms with Crippen LogP contribution in [0.3, 0.4) is 0 Å². The van der Waals surface area contributed by atoms with Gasteiger partial charge < -0.3 is 4.90 Å². The summed E-state index contributed by atoms with van der Waals surface area (Å²) in [5.74, 6) is 0.473. The normalized spacial score (nSPS) is 23.8. The molecule has 0 spiro atoms.